The molecule has 0 saturated carbocycles. The first-order valence-corrected chi connectivity index (χ1v) is 9.29. The van der Waals surface area contributed by atoms with Gasteiger partial charge in [-0.2, -0.15) is 11.8 Å². The van der Waals surface area contributed by atoms with Crippen LogP contribution in [0.1, 0.15) is 32.1 Å². The Balaban J connectivity index is 1.65. The zero-order valence-corrected chi connectivity index (χ0v) is 13.4. The minimum atomic E-state index is -0.276. The number of nitrogens with one attached hydrogen (secondary N) is 1. The standard InChI is InChI=1S/C15H25N3O2S/c19-14-5-4-13(16-14)15(20)18-8-3-9-21-11-12(18)10-17-6-1-2-7-17/h12-13H,1-11H2,(H,16,19). The summed E-state index contributed by atoms with van der Waals surface area (Å²) in [6.45, 7) is 4.18. The maximum Gasteiger partial charge on any atom is 0.245 e. The summed E-state index contributed by atoms with van der Waals surface area (Å²) in [5.74, 6) is 2.33. The lowest BCUT2D eigenvalue weighted by Crippen LogP contribution is -2.53. The van der Waals surface area contributed by atoms with Crippen molar-refractivity contribution in [2.24, 2.45) is 0 Å². The van der Waals surface area contributed by atoms with Crippen LogP contribution in [-0.4, -0.2) is 71.4 Å². The third kappa shape index (κ3) is 3.72. The second kappa shape index (κ2) is 7.01. The normalized spacial score (nSPS) is 31.2. The van der Waals surface area contributed by atoms with Crippen LogP contribution in [0.3, 0.4) is 0 Å². The monoisotopic (exact) mass is 311 g/mol. The number of amides is 2. The average Bonchev–Trinajstić information content (AvgIpc) is 3.07. The van der Waals surface area contributed by atoms with Crippen LogP contribution in [-0.2, 0) is 9.59 Å². The van der Waals surface area contributed by atoms with Crippen LogP contribution in [0.15, 0.2) is 0 Å². The van der Waals surface area contributed by atoms with Crippen LogP contribution < -0.4 is 5.32 Å². The van der Waals surface area contributed by atoms with Gasteiger partial charge in [0.15, 0.2) is 0 Å². The number of rotatable bonds is 3. The van der Waals surface area contributed by atoms with Crippen molar-refractivity contribution in [2.45, 2.75) is 44.2 Å². The van der Waals surface area contributed by atoms with E-state index < -0.39 is 0 Å². The Morgan fingerprint density at radius 2 is 2.05 bits per heavy atom. The molecule has 0 aromatic heterocycles. The summed E-state index contributed by atoms with van der Waals surface area (Å²) in [5, 5.41) is 2.83. The Labute approximate surface area is 130 Å². The van der Waals surface area contributed by atoms with Gasteiger partial charge in [-0.15, -0.1) is 0 Å². The molecular weight excluding hydrogens is 286 g/mol. The molecule has 5 nitrogen and oxygen atoms in total. The van der Waals surface area contributed by atoms with Crippen molar-refractivity contribution in [3.8, 4) is 0 Å². The van der Waals surface area contributed by atoms with Crippen LogP contribution in [0.25, 0.3) is 0 Å². The van der Waals surface area contributed by atoms with Crippen molar-refractivity contribution in [1.82, 2.24) is 15.1 Å². The van der Waals surface area contributed by atoms with E-state index in [2.05, 4.69) is 15.1 Å². The minimum Gasteiger partial charge on any atom is -0.344 e. The number of hydrogen-bond acceptors (Lipinski definition) is 4. The summed E-state index contributed by atoms with van der Waals surface area (Å²) >= 11 is 1.96. The number of nitrogens with zero attached hydrogens (tertiary/aromatic N) is 2. The van der Waals surface area contributed by atoms with Crippen molar-refractivity contribution in [3.63, 3.8) is 0 Å². The van der Waals surface area contributed by atoms with Gasteiger partial charge >= 0.3 is 0 Å². The Hall–Kier alpha value is -0.750. The van der Waals surface area contributed by atoms with Crippen molar-refractivity contribution < 1.29 is 9.59 Å². The fourth-order valence-electron chi connectivity index (χ4n) is 3.53. The first kappa shape index (κ1) is 15.2. The molecule has 3 rings (SSSR count). The third-order valence-electron chi connectivity index (χ3n) is 4.68. The van der Waals surface area contributed by atoms with Gasteiger partial charge in [0.1, 0.15) is 6.04 Å². The maximum absolute atomic E-state index is 12.8. The van der Waals surface area contributed by atoms with Gasteiger partial charge in [0, 0.05) is 25.3 Å². The highest BCUT2D eigenvalue weighted by atomic mass is 32.2. The van der Waals surface area contributed by atoms with E-state index in [1.54, 1.807) is 0 Å². The van der Waals surface area contributed by atoms with E-state index in [1.807, 2.05) is 11.8 Å². The number of carbonyl (C=O) groups is 2. The number of likely N-dealkylation sites (tertiary alicyclic amines) is 1. The molecule has 2 atom stereocenters. The SMILES string of the molecule is O=C1CCC(C(=O)N2CCCSCC2CN2CCCC2)N1. The molecule has 3 aliphatic heterocycles. The molecule has 2 amide bonds. The smallest absolute Gasteiger partial charge is 0.245 e. The summed E-state index contributed by atoms with van der Waals surface area (Å²) in [6.07, 6.45) is 4.79. The van der Waals surface area contributed by atoms with Crippen LogP contribution >= 0.6 is 11.8 Å². The topological polar surface area (TPSA) is 52.7 Å². The lowest BCUT2D eigenvalue weighted by atomic mass is 10.1. The van der Waals surface area contributed by atoms with Crippen molar-refractivity contribution in [1.29, 1.82) is 0 Å². The molecule has 0 spiro atoms. The van der Waals surface area contributed by atoms with E-state index >= 15 is 0 Å². The van der Waals surface area contributed by atoms with Crippen LogP contribution in [0, 0.1) is 0 Å². The van der Waals surface area contributed by atoms with E-state index in [4.69, 9.17) is 0 Å². The highest BCUT2D eigenvalue weighted by molar-refractivity contribution is 7.99. The highest BCUT2D eigenvalue weighted by Crippen LogP contribution is 2.21. The van der Waals surface area contributed by atoms with Crippen LogP contribution in [0.4, 0.5) is 0 Å². The zero-order chi connectivity index (χ0) is 14.7. The summed E-state index contributed by atoms with van der Waals surface area (Å²) < 4.78 is 0. The lowest BCUT2D eigenvalue weighted by molar-refractivity contribution is -0.136. The predicted molar refractivity (Wildman–Crippen MR) is 84.3 cm³/mol. The van der Waals surface area contributed by atoms with Gasteiger partial charge in [-0.25, -0.2) is 0 Å². The number of carbonyl (C=O) groups excluding carboxylic acids is 2. The van der Waals surface area contributed by atoms with E-state index in [0.717, 1.165) is 31.0 Å². The van der Waals surface area contributed by atoms with E-state index in [9.17, 15) is 9.59 Å². The number of thioether (sulfide) groups is 1. The fraction of sp³-hybridized carbons (Fsp3) is 0.867. The average molecular weight is 311 g/mol. The molecule has 0 aromatic carbocycles. The van der Waals surface area contributed by atoms with E-state index in [1.165, 1.54) is 25.9 Å². The molecule has 1 N–H and O–H groups in total. The van der Waals surface area contributed by atoms with Gasteiger partial charge in [0.05, 0.1) is 6.04 Å². The molecule has 3 heterocycles. The molecule has 3 saturated heterocycles. The molecular formula is C15H25N3O2S. The quantitative estimate of drug-likeness (QED) is 0.833. The highest BCUT2D eigenvalue weighted by Gasteiger charge is 2.35. The van der Waals surface area contributed by atoms with Crippen molar-refractivity contribution in [2.75, 3.05) is 37.7 Å². The molecule has 0 aliphatic carbocycles. The number of hydrogen-bond donors (Lipinski definition) is 1. The third-order valence-corrected chi connectivity index (χ3v) is 5.88. The molecule has 0 radical (unpaired) electrons. The zero-order valence-electron chi connectivity index (χ0n) is 12.6. The molecule has 0 aromatic rings. The first-order chi connectivity index (χ1) is 10.2. The summed E-state index contributed by atoms with van der Waals surface area (Å²) in [6, 6.07) is 0.0299. The first-order valence-electron chi connectivity index (χ1n) is 8.14. The van der Waals surface area contributed by atoms with Crippen LogP contribution in [0.5, 0.6) is 0 Å². The largest absolute Gasteiger partial charge is 0.344 e. The van der Waals surface area contributed by atoms with Crippen LogP contribution in [0.2, 0.25) is 0 Å². The second-order valence-electron chi connectivity index (χ2n) is 6.28. The Bertz CT molecular complexity index is 398. The molecule has 3 aliphatic rings. The van der Waals surface area contributed by atoms with Gasteiger partial charge in [-0.05, 0) is 44.5 Å². The molecule has 0 bridgehead atoms. The van der Waals surface area contributed by atoms with Crippen molar-refractivity contribution in [3.05, 3.63) is 0 Å². The Morgan fingerprint density at radius 3 is 2.76 bits per heavy atom. The van der Waals surface area contributed by atoms with Gasteiger partial charge in [-0.3, -0.25) is 9.59 Å². The van der Waals surface area contributed by atoms with Gasteiger partial charge in [-0.1, -0.05) is 0 Å². The summed E-state index contributed by atoms with van der Waals surface area (Å²) in [4.78, 5) is 28.7. The predicted octanol–water partition coefficient (Wildman–Crippen LogP) is 0.695. The van der Waals surface area contributed by atoms with Gasteiger partial charge < -0.3 is 15.1 Å². The van der Waals surface area contributed by atoms with E-state index in [-0.39, 0.29) is 17.9 Å². The van der Waals surface area contributed by atoms with Gasteiger partial charge in [0.2, 0.25) is 11.8 Å². The maximum atomic E-state index is 12.8. The summed E-state index contributed by atoms with van der Waals surface area (Å²) in [7, 11) is 0. The molecule has 21 heavy (non-hydrogen) atoms. The minimum absolute atomic E-state index is 0.0219. The Kier molecular flexibility index (Phi) is 5.06. The molecule has 3 fully saturated rings. The molecule has 2 unspecified atom stereocenters. The van der Waals surface area contributed by atoms with Gasteiger partial charge in [0.25, 0.3) is 0 Å². The lowest BCUT2D eigenvalue weighted by Gasteiger charge is -2.34. The Morgan fingerprint density at radius 1 is 1.24 bits per heavy atom. The van der Waals surface area contributed by atoms with E-state index in [0.29, 0.717) is 18.9 Å². The fourth-order valence-corrected chi connectivity index (χ4v) is 4.59. The van der Waals surface area contributed by atoms with Crippen molar-refractivity contribution >= 4 is 23.6 Å². The summed E-state index contributed by atoms with van der Waals surface area (Å²) in [5.41, 5.74) is 0. The molecule has 6 heteroatoms. The second-order valence-corrected chi connectivity index (χ2v) is 7.43. The molecule has 118 valence electrons.